The van der Waals surface area contributed by atoms with Gasteiger partial charge in [0.05, 0.1) is 0 Å². The van der Waals surface area contributed by atoms with E-state index < -0.39 is 0 Å². The molecule has 0 spiro atoms. The molecule has 4 heteroatoms. The first-order valence-electron chi connectivity index (χ1n) is 8.05. The van der Waals surface area contributed by atoms with Crippen LogP contribution in [0.1, 0.15) is 30.0 Å². The summed E-state index contributed by atoms with van der Waals surface area (Å²) in [5.41, 5.74) is 3.99. The van der Waals surface area contributed by atoms with Crippen LogP contribution in [0.5, 0.6) is 0 Å². The van der Waals surface area contributed by atoms with Gasteiger partial charge in [0.25, 0.3) is 0 Å². The Morgan fingerprint density at radius 3 is 3.09 bits per heavy atom. The highest BCUT2D eigenvalue weighted by molar-refractivity contribution is 5.80. The van der Waals surface area contributed by atoms with Crippen LogP contribution in [-0.4, -0.2) is 32.8 Å². The van der Waals surface area contributed by atoms with Crippen molar-refractivity contribution in [2.24, 2.45) is 7.05 Å². The quantitative estimate of drug-likeness (QED) is 0.805. The fourth-order valence-electron chi connectivity index (χ4n) is 3.63. The third-order valence-corrected chi connectivity index (χ3v) is 4.82. The molecule has 3 heterocycles. The third kappa shape index (κ3) is 2.55. The van der Waals surface area contributed by atoms with Gasteiger partial charge in [-0.05, 0) is 54.6 Å². The lowest BCUT2D eigenvalue weighted by Crippen LogP contribution is -2.34. The van der Waals surface area contributed by atoms with Crippen molar-refractivity contribution in [3.63, 3.8) is 0 Å². The number of likely N-dealkylation sites (tertiary alicyclic amines) is 1. The van der Waals surface area contributed by atoms with Crippen molar-refractivity contribution >= 4 is 10.9 Å². The molecular weight excluding hydrogens is 272 g/mol. The number of aryl methyl sites for hydroxylation is 1. The molecule has 4 rings (SSSR count). The van der Waals surface area contributed by atoms with E-state index in [0.717, 1.165) is 13.1 Å². The molecule has 4 nitrogen and oxygen atoms in total. The number of aromatic nitrogens is 3. The van der Waals surface area contributed by atoms with Gasteiger partial charge in [0.1, 0.15) is 0 Å². The summed E-state index contributed by atoms with van der Waals surface area (Å²) in [7, 11) is 2.10. The number of hydrogen-bond acceptors (Lipinski definition) is 2. The van der Waals surface area contributed by atoms with E-state index in [2.05, 4.69) is 63.2 Å². The van der Waals surface area contributed by atoms with E-state index in [1.807, 2.05) is 6.20 Å². The van der Waals surface area contributed by atoms with Crippen LogP contribution in [-0.2, 0) is 13.6 Å². The molecule has 1 unspecified atom stereocenters. The fraction of sp³-hybridized carbons (Fsp3) is 0.389. The van der Waals surface area contributed by atoms with Gasteiger partial charge in [-0.25, -0.2) is 0 Å². The highest BCUT2D eigenvalue weighted by Gasteiger charge is 2.22. The zero-order chi connectivity index (χ0) is 14.9. The molecule has 0 saturated carbocycles. The number of benzene rings is 1. The average Bonchev–Trinajstić information content (AvgIpc) is 3.18. The summed E-state index contributed by atoms with van der Waals surface area (Å²) in [5.74, 6) is 0.594. The summed E-state index contributed by atoms with van der Waals surface area (Å²) >= 11 is 0. The smallest absolute Gasteiger partial charge is 0.0490 e. The molecule has 1 aliphatic heterocycles. The van der Waals surface area contributed by atoms with Gasteiger partial charge in [0.15, 0.2) is 0 Å². The van der Waals surface area contributed by atoms with E-state index in [4.69, 9.17) is 0 Å². The second-order valence-electron chi connectivity index (χ2n) is 6.41. The molecule has 0 amide bonds. The molecule has 1 N–H and O–H groups in total. The minimum Gasteiger partial charge on any atom is -0.351 e. The van der Waals surface area contributed by atoms with Crippen molar-refractivity contribution in [2.45, 2.75) is 25.3 Å². The first kappa shape index (κ1) is 13.6. The van der Waals surface area contributed by atoms with Crippen LogP contribution in [0.4, 0.5) is 0 Å². The van der Waals surface area contributed by atoms with E-state index >= 15 is 0 Å². The number of piperidine rings is 1. The standard InChI is InChI=1S/C18H22N4/c1-21-10-7-15-11-14(4-5-18(15)21)12-22-9-2-3-16(13-22)17-6-8-19-20-17/h4-8,10-11,16H,2-3,9,12-13H2,1H3,(H,19,20). The summed E-state index contributed by atoms with van der Waals surface area (Å²) in [6.45, 7) is 3.35. The normalized spacial score (nSPS) is 19.8. The molecule has 1 aliphatic rings. The predicted octanol–water partition coefficient (Wildman–Crippen LogP) is 3.28. The van der Waals surface area contributed by atoms with Gasteiger partial charge >= 0.3 is 0 Å². The van der Waals surface area contributed by atoms with Crippen LogP contribution < -0.4 is 0 Å². The van der Waals surface area contributed by atoms with Crippen LogP contribution >= 0.6 is 0 Å². The largest absolute Gasteiger partial charge is 0.351 e. The van der Waals surface area contributed by atoms with Crippen molar-refractivity contribution in [2.75, 3.05) is 13.1 Å². The number of hydrogen-bond donors (Lipinski definition) is 1. The summed E-state index contributed by atoms with van der Waals surface area (Å²) in [6.07, 6.45) is 6.51. The van der Waals surface area contributed by atoms with Crippen molar-refractivity contribution < 1.29 is 0 Å². The zero-order valence-corrected chi connectivity index (χ0v) is 13.0. The Labute approximate surface area is 130 Å². The van der Waals surface area contributed by atoms with Crippen LogP contribution in [0.15, 0.2) is 42.7 Å². The van der Waals surface area contributed by atoms with Gasteiger partial charge < -0.3 is 4.57 Å². The molecule has 0 radical (unpaired) electrons. The highest BCUT2D eigenvalue weighted by atomic mass is 15.1. The topological polar surface area (TPSA) is 36.9 Å². The number of H-pyrrole nitrogens is 1. The number of aromatic amines is 1. The van der Waals surface area contributed by atoms with Gasteiger partial charge in [-0.3, -0.25) is 10.00 Å². The monoisotopic (exact) mass is 294 g/mol. The van der Waals surface area contributed by atoms with E-state index in [9.17, 15) is 0 Å². The number of fused-ring (bicyclic) bond motifs is 1. The Balaban J connectivity index is 1.49. The number of rotatable bonds is 3. The fourth-order valence-corrected chi connectivity index (χ4v) is 3.63. The molecule has 1 saturated heterocycles. The molecule has 3 aromatic rings. The third-order valence-electron chi connectivity index (χ3n) is 4.82. The molecule has 2 aromatic heterocycles. The second-order valence-corrected chi connectivity index (χ2v) is 6.41. The first-order valence-corrected chi connectivity index (χ1v) is 8.05. The van der Waals surface area contributed by atoms with Crippen LogP contribution in [0.25, 0.3) is 10.9 Å². The van der Waals surface area contributed by atoms with Crippen molar-refractivity contribution in [3.05, 3.63) is 54.0 Å². The van der Waals surface area contributed by atoms with Crippen LogP contribution in [0.2, 0.25) is 0 Å². The maximum Gasteiger partial charge on any atom is 0.0490 e. The number of nitrogens with one attached hydrogen (secondary N) is 1. The lowest BCUT2D eigenvalue weighted by Gasteiger charge is -2.32. The van der Waals surface area contributed by atoms with Gasteiger partial charge in [-0.1, -0.05) is 6.07 Å². The SMILES string of the molecule is Cn1ccc2cc(CN3CCCC(c4ccn[nH]4)C3)ccc21. The van der Waals surface area contributed by atoms with Crippen molar-refractivity contribution in [1.82, 2.24) is 19.7 Å². The molecule has 1 fully saturated rings. The number of nitrogens with zero attached hydrogens (tertiary/aromatic N) is 3. The maximum absolute atomic E-state index is 4.10. The Morgan fingerprint density at radius 1 is 1.27 bits per heavy atom. The highest BCUT2D eigenvalue weighted by Crippen LogP contribution is 2.26. The van der Waals surface area contributed by atoms with Crippen LogP contribution in [0.3, 0.4) is 0 Å². The van der Waals surface area contributed by atoms with Gasteiger partial charge in [-0.15, -0.1) is 0 Å². The van der Waals surface area contributed by atoms with E-state index in [1.165, 1.54) is 41.5 Å². The Morgan fingerprint density at radius 2 is 2.23 bits per heavy atom. The predicted molar refractivity (Wildman–Crippen MR) is 88.8 cm³/mol. The Kier molecular flexibility index (Phi) is 3.47. The summed E-state index contributed by atoms with van der Waals surface area (Å²) in [6, 6.07) is 11.1. The second kappa shape index (κ2) is 5.61. The Hall–Kier alpha value is -2.07. The van der Waals surface area contributed by atoms with Crippen LogP contribution in [0, 0.1) is 0 Å². The van der Waals surface area contributed by atoms with E-state index in [0.29, 0.717) is 5.92 Å². The lowest BCUT2D eigenvalue weighted by molar-refractivity contribution is 0.198. The summed E-state index contributed by atoms with van der Waals surface area (Å²) < 4.78 is 2.17. The summed E-state index contributed by atoms with van der Waals surface area (Å²) in [5, 5.41) is 8.57. The summed E-state index contributed by atoms with van der Waals surface area (Å²) in [4.78, 5) is 2.57. The molecule has 1 aromatic carbocycles. The van der Waals surface area contributed by atoms with Crippen molar-refractivity contribution in [1.29, 1.82) is 0 Å². The lowest BCUT2D eigenvalue weighted by atomic mass is 9.94. The first-order chi connectivity index (χ1) is 10.8. The minimum absolute atomic E-state index is 0.594. The molecule has 0 bridgehead atoms. The Bertz CT molecular complexity index is 757. The van der Waals surface area contributed by atoms with Gasteiger partial charge in [-0.2, -0.15) is 5.10 Å². The maximum atomic E-state index is 4.10. The molecule has 1 atom stereocenters. The molecule has 22 heavy (non-hydrogen) atoms. The molecule has 114 valence electrons. The zero-order valence-electron chi connectivity index (χ0n) is 13.0. The van der Waals surface area contributed by atoms with Crippen molar-refractivity contribution in [3.8, 4) is 0 Å². The molecular formula is C18H22N4. The molecule has 0 aliphatic carbocycles. The van der Waals surface area contributed by atoms with E-state index in [-0.39, 0.29) is 0 Å². The van der Waals surface area contributed by atoms with E-state index in [1.54, 1.807) is 0 Å². The van der Waals surface area contributed by atoms with Gasteiger partial charge in [0.2, 0.25) is 0 Å². The minimum atomic E-state index is 0.594. The average molecular weight is 294 g/mol. The van der Waals surface area contributed by atoms with Gasteiger partial charge in [0, 0.05) is 49.7 Å².